The van der Waals surface area contributed by atoms with Crippen LogP contribution >= 0.6 is 0 Å². The standard InChI is InChI=1S/C22H26F2N6O2/c1-22(2,32)19(31)17-10-16-18(11-26-17)27-20(25)21(28-16)30-7-5-29(6-8-30)12-13-3-4-14(23)9-15(13)24/h3-4,9-11,19,31-32H,5-8,12H2,1-2H3,(H2,25,27). The fourth-order valence-electron chi connectivity index (χ4n) is 3.73. The average molecular weight is 444 g/mol. The van der Waals surface area contributed by atoms with Gasteiger partial charge in [0.05, 0.1) is 23.0 Å². The SMILES string of the molecule is CC(C)(O)C(O)c1cc2nc(N3CCN(Cc4ccc(F)cc4F)CC3)c(N)nc2cn1. The molecule has 0 aliphatic carbocycles. The maximum Gasteiger partial charge on any atom is 0.172 e. The molecule has 0 saturated carbocycles. The molecule has 0 bridgehead atoms. The summed E-state index contributed by atoms with van der Waals surface area (Å²) in [7, 11) is 0. The van der Waals surface area contributed by atoms with Crippen LogP contribution in [0.1, 0.15) is 31.2 Å². The summed E-state index contributed by atoms with van der Waals surface area (Å²) in [6, 6.07) is 5.23. The molecule has 1 saturated heterocycles. The second-order valence-corrected chi connectivity index (χ2v) is 8.59. The lowest BCUT2D eigenvalue weighted by Crippen LogP contribution is -2.46. The quantitative estimate of drug-likeness (QED) is 0.548. The van der Waals surface area contributed by atoms with Crippen molar-refractivity contribution >= 4 is 22.7 Å². The topological polar surface area (TPSA) is 112 Å². The van der Waals surface area contributed by atoms with Crippen LogP contribution in [0, 0.1) is 11.6 Å². The van der Waals surface area contributed by atoms with Crippen molar-refractivity contribution in [3.63, 3.8) is 0 Å². The minimum atomic E-state index is -1.36. The molecular weight excluding hydrogens is 418 g/mol. The van der Waals surface area contributed by atoms with Crippen molar-refractivity contribution in [2.75, 3.05) is 36.8 Å². The molecule has 0 amide bonds. The smallest absolute Gasteiger partial charge is 0.172 e. The van der Waals surface area contributed by atoms with E-state index in [1.807, 2.05) is 4.90 Å². The van der Waals surface area contributed by atoms with E-state index in [1.165, 1.54) is 32.2 Å². The number of nitrogens with two attached hydrogens (primary N) is 1. The Morgan fingerprint density at radius 2 is 1.81 bits per heavy atom. The summed E-state index contributed by atoms with van der Waals surface area (Å²) in [6.45, 7) is 5.91. The normalized spacial score (nSPS) is 16.5. The highest BCUT2D eigenvalue weighted by molar-refractivity contribution is 5.79. The van der Waals surface area contributed by atoms with Crippen molar-refractivity contribution in [2.24, 2.45) is 0 Å². The molecule has 32 heavy (non-hydrogen) atoms. The van der Waals surface area contributed by atoms with Crippen molar-refractivity contribution in [3.8, 4) is 0 Å². The molecule has 3 heterocycles. The van der Waals surface area contributed by atoms with Gasteiger partial charge in [-0.15, -0.1) is 0 Å². The number of fused-ring (bicyclic) bond motifs is 1. The number of aliphatic hydroxyl groups is 2. The lowest BCUT2D eigenvalue weighted by molar-refractivity contribution is -0.0516. The van der Waals surface area contributed by atoms with E-state index in [1.54, 1.807) is 6.07 Å². The van der Waals surface area contributed by atoms with E-state index in [4.69, 9.17) is 5.73 Å². The average Bonchev–Trinajstić information content (AvgIpc) is 2.74. The van der Waals surface area contributed by atoms with Gasteiger partial charge >= 0.3 is 0 Å². The third-order valence-electron chi connectivity index (χ3n) is 5.61. The molecule has 1 aliphatic rings. The van der Waals surface area contributed by atoms with E-state index in [-0.39, 0.29) is 5.82 Å². The van der Waals surface area contributed by atoms with Gasteiger partial charge in [-0.1, -0.05) is 6.07 Å². The largest absolute Gasteiger partial charge is 0.387 e. The molecule has 1 atom stereocenters. The molecule has 4 rings (SSSR count). The number of aliphatic hydroxyl groups excluding tert-OH is 1. The number of hydrogen-bond acceptors (Lipinski definition) is 8. The van der Waals surface area contributed by atoms with Crippen molar-refractivity contribution < 1.29 is 19.0 Å². The summed E-state index contributed by atoms with van der Waals surface area (Å²) < 4.78 is 27.1. The zero-order valence-corrected chi connectivity index (χ0v) is 18.0. The summed E-state index contributed by atoms with van der Waals surface area (Å²) in [5.74, 6) is -0.335. The second kappa shape index (κ2) is 8.53. The molecule has 2 aromatic heterocycles. The van der Waals surface area contributed by atoms with E-state index in [9.17, 15) is 19.0 Å². The third kappa shape index (κ3) is 4.62. The van der Waals surface area contributed by atoms with Gasteiger partial charge in [0.15, 0.2) is 11.6 Å². The Morgan fingerprint density at radius 1 is 1.09 bits per heavy atom. The van der Waals surface area contributed by atoms with Gasteiger partial charge < -0.3 is 20.8 Å². The molecule has 3 aromatic rings. The fourth-order valence-corrected chi connectivity index (χ4v) is 3.73. The van der Waals surface area contributed by atoms with Crippen LogP contribution in [0.2, 0.25) is 0 Å². The predicted molar refractivity (Wildman–Crippen MR) is 117 cm³/mol. The zero-order chi connectivity index (χ0) is 23.0. The molecule has 0 spiro atoms. The van der Waals surface area contributed by atoms with Crippen LogP contribution in [-0.2, 0) is 6.54 Å². The summed E-state index contributed by atoms with van der Waals surface area (Å²) >= 11 is 0. The molecule has 1 unspecified atom stereocenters. The number of aromatic nitrogens is 3. The third-order valence-corrected chi connectivity index (χ3v) is 5.61. The van der Waals surface area contributed by atoms with Gasteiger partial charge in [-0.25, -0.2) is 18.7 Å². The molecular formula is C22H26F2N6O2. The first-order chi connectivity index (χ1) is 15.1. The number of pyridine rings is 1. The minimum absolute atomic E-state index is 0.271. The molecule has 1 fully saturated rings. The molecule has 1 aromatic carbocycles. The van der Waals surface area contributed by atoms with Gasteiger partial charge in [-0.3, -0.25) is 9.88 Å². The van der Waals surface area contributed by atoms with Crippen molar-refractivity contribution in [1.29, 1.82) is 0 Å². The van der Waals surface area contributed by atoms with Crippen LogP contribution < -0.4 is 10.6 Å². The summed E-state index contributed by atoms with van der Waals surface area (Å²) in [6.07, 6.45) is 0.298. The maximum absolute atomic E-state index is 14.0. The zero-order valence-electron chi connectivity index (χ0n) is 18.0. The number of benzene rings is 1. The van der Waals surface area contributed by atoms with Crippen molar-refractivity contribution in [3.05, 3.63) is 53.4 Å². The molecule has 4 N–H and O–H groups in total. The van der Waals surface area contributed by atoms with Crippen LogP contribution in [0.15, 0.2) is 30.5 Å². The first-order valence-corrected chi connectivity index (χ1v) is 10.4. The summed E-state index contributed by atoms with van der Waals surface area (Å²) in [5.41, 5.74) is 6.54. The Kier molecular flexibility index (Phi) is 5.93. The summed E-state index contributed by atoms with van der Waals surface area (Å²) in [5, 5.41) is 20.4. The molecule has 170 valence electrons. The highest BCUT2D eigenvalue weighted by atomic mass is 19.1. The number of halogens is 2. The van der Waals surface area contributed by atoms with E-state index in [0.29, 0.717) is 60.8 Å². The van der Waals surface area contributed by atoms with E-state index >= 15 is 0 Å². The molecule has 1 aliphatic heterocycles. The van der Waals surface area contributed by atoms with Crippen LogP contribution in [0.4, 0.5) is 20.4 Å². The molecule has 0 radical (unpaired) electrons. The lowest BCUT2D eigenvalue weighted by Gasteiger charge is -2.35. The Labute approximate surface area is 184 Å². The van der Waals surface area contributed by atoms with E-state index in [2.05, 4.69) is 19.9 Å². The molecule has 10 heteroatoms. The molecule has 8 nitrogen and oxygen atoms in total. The van der Waals surface area contributed by atoms with E-state index < -0.39 is 23.3 Å². The predicted octanol–water partition coefficient (Wildman–Crippen LogP) is 2.01. The highest BCUT2D eigenvalue weighted by Crippen LogP contribution is 2.28. The van der Waals surface area contributed by atoms with Crippen LogP contribution in [0.5, 0.6) is 0 Å². The lowest BCUT2D eigenvalue weighted by atomic mass is 9.98. The van der Waals surface area contributed by atoms with Gasteiger partial charge in [-0.2, -0.15) is 0 Å². The first-order valence-electron chi connectivity index (χ1n) is 10.4. The van der Waals surface area contributed by atoms with Crippen molar-refractivity contribution in [2.45, 2.75) is 32.1 Å². The summed E-state index contributed by atoms with van der Waals surface area (Å²) in [4.78, 5) is 17.3. The van der Waals surface area contributed by atoms with Crippen LogP contribution in [0.25, 0.3) is 11.0 Å². The highest BCUT2D eigenvalue weighted by Gasteiger charge is 2.28. The number of anilines is 2. The van der Waals surface area contributed by atoms with Gasteiger partial charge in [-0.05, 0) is 26.0 Å². The monoisotopic (exact) mass is 444 g/mol. The van der Waals surface area contributed by atoms with Gasteiger partial charge in [0, 0.05) is 44.4 Å². The fraction of sp³-hybridized carbons (Fsp3) is 0.409. The van der Waals surface area contributed by atoms with Crippen molar-refractivity contribution in [1.82, 2.24) is 19.9 Å². The number of rotatable bonds is 5. The van der Waals surface area contributed by atoms with Gasteiger partial charge in [0.25, 0.3) is 0 Å². The number of nitrogen functional groups attached to an aromatic ring is 1. The van der Waals surface area contributed by atoms with Gasteiger partial charge in [0.1, 0.15) is 23.3 Å². The Morgan fingerprint density at radius 3 is 2.47 bits per heavy atom. The van der Waals surface area contributed by atoms with E-state index in [0.717, 1.165) is 6.07 Å². The van der Waals surface area contributed by atoms with Gasteiger partial charge in [0.2, 0.25) is 0 Å². The first kappa shape index (κ1) is 22.3. The minimum Gasteiger partial charge on any atom is -0.387 e. The maximum atomic E-state index is 14.0. The second-order valence-electron chi connectivity index (χ2n) is 8.59. The number of hydrogen-bond donors (Lipinski definition) is 3. The Hall–Kier alpha value is -2.95. The Bertz CT molecular complexity index is 1130. The van der Waals surface area contributed by atoms with Crippen LogP contribution in [-0.4, -0.2) is 61.8 Å². The van der Waals surface area contributed by atoms with Crippen LogP contribution in [0.3, 0.4) is 0 Å². The Balaban J connectivity index is 1.50. The number of piperazine rings is 1. The number of nitrogens with zero attached hydrogens (tertiary/aromatic N) is 5.